The minimum absolute atomic E-state index is 0.438. The van der Waals surface area contributed by atoms with E-state index in [9.17, 15) is 0 Å². The molecule has 1 fully saturated rings. The zero-order valence-corrected chi connectivity index (χ0v) is 13.8. The molecule has 1 saturated heterocycles. The maximum atomic E-state index is 5.94. The number of halogens is 1. The third kappa shape index (κ3) is 2.56. The van der Waals surface area contributed by atoms with Crippen molar-refractivity contribution >= 4 is 15.9 Å². The highest BCUT2D eigenvalue weighted by Gasteiger charge is 2.28. The first-order chi connectivity index (χ1) is 9.68. The van der Waals surface area contributed by atoms with Gasteiger partial charge in [-0.15, -0.1) is 0 Å². The molecule has 1 aromatic rings. The molecule has 0 bridgehead atoms. The Morgan fingerprint density at radius 2 is 1.90 bits per heavy atom. The van der Waals surface area contributed by atoms with E-state index in [1.807, 2.05) is 0 Å². The van der Waals surface area contributed by atoms with Crippen molar-refractivity contribution in [1.29, 1.82) is 0 Å². The quantitative estimate of drug-likeness (QED) is 0.888. The molecule has 20 heavy (non-hydrogen) atoms. The highest BCUT2D eigenvalue weighted by Crippen LogP contribution is 2.47. The largest absolute Gasteiger partial charge is 0.486 e. The molecule has 2 aliphatic heterocycles. The summed E-state index contributed by atoms with van der Waals surface area (Å²) >= 11 is 3.77. The van der Waals surface area contributed by atoms with Gasteiger partial charge >= 0.3 is 0 Å². The summed E-state index contributed by atoms with van der Waals surface area (Å²) in [5, 5.41) is 3.44. The van der Waals surface area contributed by atoms with Gasteiger partial charge in [0.2, 0.25) is 0 Å². The van der Waals surface area contributed by atoms with Crippen molar-refractivity contribution in [3.05, 3.63) is 21.7 Å². The molecule has 0 amide bonds. The van der Waals surface area contributed by atoms with Gasteiger partial charge in [0, 0.05) is 10.0 Å². The highest BCUT2D eigenvalue weighted by molar-refractivity contribution is 9.10. The fourth-order valence-corrected chi connectivity index (χ4v) is 4.04. The van der Waals surface area contributed by atoms with E-state index in [1.54, 1.807) is 0 Å². The third-order valence-corrected chi connectivity index (χ3v) is 4.84. The Balaban J connectivity index is 2.11. The number of nitrogens with one attached hydrogen (secondary N) is 1. The minimum atomic E-state index is 0.438. The van der Waals surface area contributed by atoms with E-state index in [0.29, 0.717) is 25.0 Å². The second kappa shape index (κ2) is 5.94. The number of piperidine rings is 1. The molecule has 0 unspecified atom stereocenters. The van der Waals surface area contributed by atoms with Crippen LogP contribution in [0.15, 0.2) is 10.5 Å². The fraction of sp³-hybridized carbons (Fsp3) is 0.625. The highest BCUT2D eigenvalue weighted by atomic mass is 79.9. The Hall–Kier alpha value is -0.740. The molecule has 2 aliphatic rings. The van der Waals surface area contributed by atoms with Crippen LogP contribution in [0.2, 0.25) is 0 Å². The van der Waals surface area contributed by atoms with Gasteiger partial charge in [0.25, 0.3) is 0 Å². The molecule has 0 radical (unpaired) electrons. The van der Waals surface area contributed by atoms with Crippen molar-refractivity contribution in [3.63, 3.8) is 0 Å². The van der Waals surface area contributed by atoms with Gasteiger partial charge < -0.3 is 14.8 Å². The van der Waals surface area contributed by atoms with Crippen LogP contribution in [-0.4, -0.2) is 26.3 Å². The van der Waals surface area contributed by atoms with Crippen LogP contribution in [0.3, 0.4) is 0 Å². The molecule has 3 nitrogen and oxygen atoms in total. The summed E-state index contributed by atoms with van der Waals surface area (Å²) in [6, 6.07) is 2.09. The van der Waals surface area contributed by atoms with E-state index in [0.717, 1.165) is 24.6 Å². The fourth-order valence-electron chi connectivity index (χ4n) is 3.29. The molecule has 0 spiro atoms. The van der Waals surface area contributed by atoms with E-state index in [4.69, 9.17) is 9.47 Å². The third-order valence-electron chi connectivity index (χ3n) is 4.19. The molecule has 3 rings (SSSR count). The second-order valence-electron chi connectivity index (χ2n) is 5.89. The molecular weight excluding hydrogens is 318 g/mol. The monoisotopic (exact) mass is 339 g/mol. The number of rotatable bonds is 2. The summed E-state index contributed by atoms with van der Waals surface area (Å²) in [5.74, 6) is 2.92. The number of benzene rings is 1. The zero-order chi connectivity index (χ0) is 14.1. The van der Waals surface area contributed by atoms with E-state index < -0.39 is 0 Å². The first-order valence-corrected chi connectivity index (χ1v) is 8.30. The predicted octanol–water partition coefficient (Wildman–Crippen LogP) is 3.81. The number of ether oxygens (including phenoxy) is 2. The molecule has 4 heteroatoms. The van der Waals surface area contributed by atoms with Crippen LogP contribution in [0.4, 0.5) is 0 Å². The molecule has 0 aromatic heterocycles. The van der Waals surface area contributed by atoms with Crippen LogP contribution in [0.25, 0.3) is 0 Å². The van der Waals surface area contributed by atoms with E-state index >= 15 is 0 Å². The first-order valence-electron chi connectivity index (χ1n) is 7.51. The Morgan fingerprint density at radius 3 is 2.60 bits per heavy atom. The van der Waals surface area contributed by atoms with Crippen molar-refractivity contribution in [2.45, 2.75) is 38.5 Å². The summed E-state index contributed by atoms with van der Waals surface area (Å²) in [6.07, 6.45) is 2.38. The standard InChI is InChI=1S/C16H22BrNO2/c1-10(2)14-15(11-3-5-18-6-4-11)12(17)9-13-16(14)20-8-7-19-13/h9-11,18H,3-8H2,1-2H3. The van der Waals surface area contributed by atoms with Gasteiger partial charge in [-0.25, -0.2) is 0 Å². The molecule has 2 heterocycles. The average Bonchev–Trinajstić information content (AvgIpc) is 2.46. The predicted molar refractivity (Wildman–Crippen MR) is 84.1 cm³/mol. The van der Waals surface area contributed by atoms with Gasteiger partial charge in [0.1, 0.15) is 13.2 Å². The maximum Gasteiger partial charge on any atom is 0.165 e. The Morgan fingerprint density at radius 1 is 1.20 bits per heavy atom. The molecule has 1 N–H and O–H groups in total. The molecule has 0 saturated carbocycles. The summed E-state index contributed by atoms with van der Waals surface area (Å²) in [4.78, 5) is 0. The van der Waals surface area contributed by atoms with Gasteiger partial charge in [-0.1, -0.05) is 29.8 Å². The number of fused-ring (bicyclic) bond motifs is 1. The molecule has 110 valence electrons. The summed E-state index contributed by atoms with van der Waals surface area (Å²) < 4.78 is 12.9. The lowest BCUT2D eigenvalue weighted by Crippen LogP contribution is -2.28. The summed E-state index contributed by atoms with van der Waals surface area (Å²) in [6.45, 7) is 7.98. The smallest absolute Gasteiger partial charge is 0.165 e. The normalized spacial score (nSPS) is 19.4. The van der Waals surface area contributed by atoms with Gasteiger partial charge in [0.15, 0.2) is 11.5 Å². The molecule has 1 aromatic carbocycles. The summed E-state index contributed by atoms with van der Waals surface area (Å²) in [7, 11) is 0. The first kappa shape index (κ1) is 14.2. The lowest BCUT2D eigenvalue weighted by Gasteiger charge is -2.31. The SMILES string of the molecule is CC(C)c1c2c(cc(Br)c1C1CCNCC1)OCCO2. The van der Waals surface area contributed by atoms with Crippen LogP contribution in [0.1, 0.15) is 49.7 Å². The number of hydrogen-bond acceptors (Lipinski definition) is 3. The van der Waals surface area contributed by atoms with Crippen molar-refractivity contribution in [1.82, 2.24) is 5.32 Å². The molecule has 0 atom stereocenters. The average molecular weight is 340 g/mol. The minimum Gasteiger partial charge on any atom is -0.486 e. The lowest BCUT2D eigenvalue weighted by molar-refractivity contribution is 0.169. The Kier molecular flexibility index (Phi) is 4.22. The Labute approximate surface area is 129 Å². The molecular formula is C16H22BrNO2. The van der Waals surface area contributed by atoms with Crippen molar-refractivity contribution < 1.29 is 9.47 Å². The van der Waals surface area contributed by atoms with Crippen LogP contribution in [0, 0.1) is 0 Å². The van der Waals surface area contributed by atoms with Crippen LogP contribution in [0.5, 0.6) is 11.5 Å². The van der Waals surface area contributed by atoms with Crippen LogP contribution >= 0.6 is 15.9 Å². The number of hydrogen-bond donors (Lipinski definition) is 1. The van der Waals surface area contributed by atoms with E-state index in [-0.39, 0.29) is 0 Å². The maximum absolute atomic E-state index is 5.94. The second-order valence-corrected chi connectivity index (χ2v) is 6.74. The molecule has 0 aliphatic carbocycles. The van der Waals surface area contributed by atoms with Crippen molar-refractivity contribution in [3.8, 4) is 11.5 Å². The zero-order valence-electron chi connectivity index (χ0n) is 12.2. The van der Waals surface area contributed by atoms with Gasteiger partial charge in [-0.05, 0) is 49.4 Å². The summed E-state index contributed by atoms with van der Waals surface area (Å²) in [5.41, 5.74) is 2.77. The van der Waals surface area contributed by atoms with Crippen LogP contribution < -0.4 is 14.8 Å². The van der Waals surface area contributed by atoms with Gasteiger partial charge in [-0.2, -0.15) is 0 Å². The lowest BCUT2D eigenvalue weighted by atomic mass is 9.83. The van der Waals surface area contributed by atoms with Crippen LogP contribution in [-0.2, 0) is 0 Å². The Bertz CT molecular complexity index is 496. The van der Waals surface area contributed by atoms with E-state index in [2.05, 4.69) is 41.2 Å². The van der Waals surface area contributed by atoms with Crippen molar-refractivity contribution in [2.75, 3.05) is 26.3 Å². The van der Waals surface area contributed by atoms with Crippen molar-refractivity contribution in [2.24, 2.45) is 0 Å². The topological polar surface area (TPSA) is 30.5 Å². The van der Waals surface area contributed by atoms with Gasteiger partial charge in [0.05, 0.1) is 0 Å². The van der Waals surface area contributed by atoms with E-state index in [1.165, 1.54) is 28.4 Å². The van der Waals surface area contributed by atoms with Gasteiger partial charge in [-0.3, -0.25) is 0 Å².